The van der Waals surface area contributed by atoms with Gasteiger partial charge in [-0.25, -0.2) is 4.68 Å². The SMILES string of the molecule is CCC1CN(c2cnn(C)c(=O)c2Br)C(CC)CN1. The number of halogens is 1. The molecule has 6 heteroatoms. The molecule has 2 heterocycles. The van der Waals surface area contributed by atoms with Gasteiger partial charge in [0.15, 0.2) is 0 Å². The van der Waals surface area contributed by atoms with Crippen molar-refractivity contribution >= 4 is 21.6 Å². The lowest BCUT2D eigenvalue weighted by Crippen LogP contribution is -2.56. The van der Waals surface area contributed by atoms with Gasteiger partial charge in [-0.15, -0.1) is 0 Å². The molecule has 0 spiro atoms. The van der Waals surface area contributed by atoms with Gasteiger partial charge < -0.3 is 10.2 Å². The topological polar surface area (TPSA) is 50.2 Å². The molecule has 1 fully saturated rings. The van der Waals surface area contributed by atoms with E-state index in [4.69, 9.17) is 0 Å². The van der Waals surface area contributed by atoms with Crippen LogP contribution >= 0.6 is 15.9 Å². The highest BCUT2D eigenvalue weighted by Crippen LogP contribution is 2.26. The Labute approximate surface area is 122 Å². The van der Waals surface area contributed by atoms with E-state index in [1.165, 1.54) is 4.68 Å². The third kappa shape index (κ3) is 2.84. The van der Waals surface area contributed by atoms with Gasteiger partial charge in [0.25, 0.3) is 5.56 Å². The van der Waals surface area contributed by atoms with Crippen LogP contribution in [0.4, 0.5) is 5.69 Å². The summed E-state index contributed by atoms with van der Waals surface area (Å²) in [5, 5.41) is 7.70. The van der Waals surface area contributed by atoms with Crippen molar-refractivity contribution in [3.63, 3.8) is 0 Å². The summed E-state index contributed by atoms with van der Waals surface area (Å²) in [6.45, 7) is 6.23. The standard InChI is InChI=1S/C13H21BrN4O/c1-4-9-8-18(10(5-2)6-15-9)11-7-16-17(3)13(19)12(11)14/h7,9-10,15H,4-6,8H2,1-3H3. The van der Waals surface area contributed by atoms with Crippen LogP contribution < -0.4 is 15.8 Å². The first kappa shape index (κ1) is 14.5. The summed E-state index contributed by atoms with van der Waals surface area (Å²) in [4.78, 5) is 14.3. The average molecular weight is 329 g/mol. The number of aryl methyl sites for hydroxylation is 1. The van der Waals surface area contributed by atoms with Crippen LogP contribution in [0.25, 0.3) is 0 Å². The third-order valence-electron chi connectivity index (χ3n) is 3.83. The Balaban J connectivity index is 2.37. The number of piperazine rings is 1. The number of anilines is 1. The summed E-state index contributed by atoms with van der Waals surface area (Å²) in [7, 11) is 1.67. The fourth-order valence-corrected chi connectivity index (χ4v) is 3.09. The zero-order chi connectivity index (χ0) is 14.0. The van der Waals surface area contributed by atoms with Crippen molar-refractivity contribution < 1.29 is 0 Å². The highest BCUT2D eigenvalue weighted by Gasteiger charge is 2.28. The van der Waals surface area contributed by atoms with Crippen molar-refractivity contribution in [1.82, 2.24) is 15.1 Å². The molecule has 0 amide bonds. The van der Waals surface area contributed by atoms with Crippen LogP contribution in [0, 0.1) is 0 Å². The molecule has 1 N–H and O–H groups in total. The Morgan fingerprint density at radius 1 is 1.47 bits per heavy atom. The summed E-state index contributed by atoms with van der Waals surface area (Å²) < 4.78 is 1.97. The van der Waals surface area contributed by atoms with Gasteiger partial charge in [0.2, 0.25) is 0 Å². The lowest BCUT2D eigenvalue weighted by Gasteiger charge is -2.41. The minimum atomic E-state index is -0.0843. The maximum atomic E-state index is 12.0. The predicted octanol–water partition coefficient (Wildman–Crippen LogP) is 1.51. The molecule has 1 aliphatic rings. The molecule has 0 bridgehead atoms. The molecule has 19 heavy (non-hydrogen) atoms. The van der Waals surface area contributed by atoms with Crippen molar-refractivity contribution in [3.05, 3.63) is 21.0 Å². The number of nitrogens with one attached hydrogen (secondary N) is 1. The first-order chi connectivity index (χ1) is 9.08. The van der Waals surface area contributed by atoms with Crippen molar-refractivity contribution in [2.75, 3.05) is 18.0 Å². The van der Waals surface area contributed by atoms with Crippen molar-refractivity contribution in [2.24, 2.45) is 7.05 Å². The lowest BCUT2D eigenvalue weighted by atomic mass is 10.0. The molecule has 1 aromatic heterocycles. The molecular formula is C13H21BrN4O. The monoisotopic (exact) mass is 328 g/mol. The molecule has 0 saturated carbocycles. The molecule has 1 saturated heterocycles. The summed E-state index contributed by atoms with van der Waals surface area (Å²) in [6, 6.07) is 0.881. The molecule has 106 valence electrons. The molecule has 1 aliphatic heterocycles. The molecule has 2 unspecified atom stereocenters. The van der Waals surface area contributed by atoms with Crippen LogP contribution in [0.2, 0.25) is 0 Å². The molecule has 2 rings (SSSR count). The van der Waals surface area contributed by atoms with Crippen LogP contribution in [0.15, 0.2) is 15.5 Å². The molecule has 0 aromatic carbocycles. The number of hydrogen-bond donors (Lipinski definition) is 1. The number of hydrogen-bond acceptors (Lipinski definition) is 4. The van der Waals surface area contributed by atoms with Gasteiger partial charge in [-0.3, -0.25) is 4.79 Å². The molecule has 2 atom stereocenters. The van der Waals surface area contributed by atoms with Gasteiger partial charge >= 0.3 is 0 Å². The molecule has 5 nitrogen and oxygen atoms in total. The first-order valence-corrected chi connectivity index (χ1v) is 7.59. The Kier molecular flexibility index (Phi) is 4.62. The van der Waals surface area contributed by atoms with Crippen molar-refractivity contribution in [1.29, 1.82) is 0 Å². The fraction of sp³-hybridized carbons (Fsp3) is 0.692. The van der Waals surface area contributed by atoms with E-state index >= 15 is 0 Å². The normalized spacial score (nSPS) is 23.7. The lowest BCUT2D eigenvalue weighted by molar-refractivity contribution is 0.378. The molecular weight excluding hydrogens is 308 g/mol. The number of nitrogens with zero attached hydrogens (tertiary/aromatic N) is 3. The number of rotatable bonds is 3. The summed E-state index contributed by atoms with van der Waals surface area (Å²) in [5.41, 5.74) is 0.828. The van der Waals surface area contributed by atoms with Gasteiger partial charge in [0.1, 0.15) is 4.47 Å². The van der Waals surface area contributed by atoms with Gasteiger partial charge in [-0.2, -0.15) is 5.10 Å². The van der Waals surface area contributed by atoms with Crippen molar-refractivity contribution in [3.8, 4) is 0 Å². The highest BCUT2D eigenvalue weighted by atomic mass is 79.9. The Hall–Kier alpha value is -0.880. The molecule has 1 aromatic rings. The number of aromatic nitrogens is 2. The van der Waals surface area contributed by atoms with Crippen LogP contribution in [-0.4, -0.2) is 35.0 Å². The smallest absolute Gasteiger partial charge is 0.282 e. The Morgan fingerprint density at radius 3 is 2.84 bits per heavy atom. The van der Waals surface area contributed by atoms with E-state index in [0.717, 1.165) is 31.6 Å². The second-order valence-corrected chi connectivity index (χ2v) is 5.79. The van der Waals surface area contributed by atoms with Crippen molar-refractivity contribution in [2.45, 2.75) is 38.8 Å². The predicted molar refractivity (Wildman–Crippen MR) is 80.7 cm³/mol. The molecule has 0 radical (unpaired) electrons. The maximum Gasteiger partial charge on any atom is 0.282 e. The summed E-state index contributed by atoms with van der Waals surface area (Å²) >= 11 is 3.43. The molecule has 0 aliphatic carbocycles. The Morgan fingerprint density at radius 2 is 2.21 bits per heavy atom. The zero-order valence-electron chi connectivity index (χ0n) is 11.7. The summed E-state index contributed by atoms with van der Waals surface area (Å²) in [6.07, 6.45) is 3.92. The van der Waals surface area contributed by atoms with E-state index in [0.29, 0.717) is 16.6 Å². The second kappa shape index (κ2) is 6.05. The quantitative estimate of drug-likeness (QED) is 0.913. The average Bonchev–Trinajstić information content (AvgIpc) is 2.44. The minimum absolute atomic E-state index is 0.0843. The van der Waals surface area contributed by atoms with E-state index < -0.39 is 0 Å². The Bertz CT molecular complexity index is 502. The first-order valence-electron chi connectivity index (χ1n) is 6.80. The van der Waals surface area contributed by atoms with E-state index in [2.05, 4.69) is 45.1 Å². The van der Waals surface area contributed by atoms with E-state index in [1.54, 1.807) is 13.2 Å². The summed E-state index contributed by atoms with van der Waals surface area (Å²) in [5.74, 6) is 0. The van der Waals surface area contributed by atoms with Gasteiger partial charge in [0, 0.05) is 32.2 Å². The van der Waals surface area contributed by atoms with Gasteiger partial charge in [0.05, 0.1) is 11.9 Å². The van der Waals surface area contributed by atoms with E-state index in [-0.39, 0.29) is 5.56 Å². The third-order valence-corrected chi connectivity index (χ3v) is 4.58. The zero-order valence-corrected chi connectivity index (χ0v) is 13.3. The van der Waals surface area contributed by atoms with Gasteiger partial charge in [-0.1, -0.05) is 13.8 Å². The van der Waals surface area contributed by atoms with Gasteiger partial charge in [-0.05, 0) is 28.8 Å². The van der Waals surface area contributed by atoms with E-state index in [9.17, 15) is 4.79 Å². The largest absolute Gasteiger partial charge is 0.363 e. The highest BCUT2D eigenvalue weighted by molar-refractivity contribution is 9.10. The van der Waals surface area contributed by atoms with Crippen LogP contribution in [0.3, 0.4) is 0 Å². The van der Waals surface area contributed by atoms with Crippen LogP contribution in [0.5, 0.6) is 0 Å². The van der Waals surface area contributed by atoms with E-state index in [1.807, 2.05) is 0 Å². The fourth-order valence-electron chi connectivity index (χ4n) is 2.50. The maximum absolute atomic E-state index is 12.0. The second-order valence-electron chi connectivity index (χ2n) is 5.00. The van der Waals surface area contributed by atoms with Crippen LogP contribution in [0.1, 0.15) is 26.7 Å². The van der Waals surface area contributed by atoms with Crippen LogP contribution in [-0.2, 0) is 7.05 Å². The minimum Gasteiger partial charge on any atom is -0.363 e.